The molecule has 0 radical (unpaired) electrons. The Hall–Kier alpha value is -1.45. The molecule has 0 bridgehead atoms. The normalized spacial score (nSPS) is 30.1. The molecule has 2 N–H and O–H groups in total. The quantitative estimate of drug-likeness (QED) is 0.733. The first-order chi connectivity index (χ1) is 7.12. The van der Waals surface area contributed by atoms with E-state index in [2.05, 4.69) is 0 Å². The van der Waals surface area contributed by atoms with Crippen molar-refractivity contribution >= 4 is 5.57 Å². The van der Waals surface area contributed by atoms with Crippen molar-refractivity contribution in [2.24, 2.45) is 0 Å². The highest BCUT2D eigenvalue weighted by Gasteiger charge is 2.40. The first-order valence-corrected chi connectivity index (χ1v) is 4.66. The summed E-state index contributed by atoms with van der Waals surface area (Å²) in [6.45, 7) is 0. The minimum absolute atomic E-state index is 0.0816. The van der Waals surface area contributed by atoms with Crippen LogP contribution in [0, 0.1) is 0 Å². The number of hydrogen-bond acceptors (Lipinski definition) is 2. The van der Waals surface area contributed by atoms with E-state index in [4.69, 9.17) is 0 Å². The van der Waals surface area contributed by atoms with Crippen molar-refractivity contribution in [2.75, 3.05) is 0 Å². The zero-order valence-corrected chi connectivity index (χ0v) is 7.97. The summed E-state index contributed by atoms with van der Waals surface area (Å²) in [4.78, 5) is 0. The van der Waals surface area contributed by atoms with Crippen LogP contribution in [0.2, 0.25) is 0 Å². The van der Waals surface area contributed by atoms with Crippen LogP contribution in [-0.2, 0) is 0 Å². The Labute approximate surface area is 87.0 Å². The number of rotatable bonds is 1. The fourth-order valence-electron chi connectivity index (χ4n) is 1.58. The van der Waals surface area contributed by atoms with Gasteiger partial charge >= 0.3 is 0 Å². The van der Waals surface area contributed by atoms with E-state index in [0.29, 0.717) is 5.56 Å². The number of allylic oxidation sites excluding steroid dienone is 2. The van der Waals surface area contributed by atoms with Gasteiger partial charge in [0.15, 0.2) is 0 Å². The van der Waals surface area contributed by atoms with Crippen LogP contribution in [-0.4, -0.2) is 22.2 Å². The molecule has 0 amide bonds. The minimum Gasteiger partial charge on any atom is -0.383 e. The summed E-state index contributed by atoms with van der Waals surface area (Å²) in [6, 6.07) is 8.66. The molecule has 0 spiro atoms. The average Bonchev–Trinajstić information content (AvgIpc) is 2.23. The van der Waals surface area contributed by atoms with Crippen LogP contribution in [0.1, 0.15) is 5.56 Å². The molecule has 2 rings (SSSR count). The van der Waals surface area contributed by atoms with E-state index in [9.17, 15) is 14.6 Å². The van der Waals surface area contributed by atoms with Crippen LogP contribution < -0.4 is 0 Å². The molecule has 15 heavy (non-hydrogen) atoms. The van der Waals surface area contributed by atoms with Gasteiger partial charge in [0.25, 0.3) is 5.85 Å². The predicted octanol–water partition coefficient (Wildman–Crippen LogP) is 1.66. The summed E-state index contributed by atoms with van der Waals surface area (Å²) in [5, 5.41) is 18.8. The number of alkyl halides is 1. The Bertz CT molecular complexity index is 407. The van der Waals surface area contributed by atoms with Gasteiger partial charge in [-0.25, -0.2) is 4.39 Å². The number of aliphatic hydroxyl groups excluding tert-OH is 1. The summed E-state index contributed by atoms with van der Waals surface area (Å²) in [7, 11) is 0. The second-order valence-corrected chi connectivity index (χ2v) is 3.45. The van der Waals surface area contributed by atoms with E-state index in [1.807, 2.05) is 0 Å². The Balaban J connectivity index is 2.45. The van der Waals surface area contributed by atoms with Gasteiger partial charge in [-0.2, -0.15) is 0 Å². The molecule has 1 aliphatic rings. The topological polar surface area (TPSA) is 40.5 Å². The van der Waals surface area contributed by atoms with E-state index in [1.54, 1.807) is 30.3 Å². The maximum atomic E-state index is 13.8. The van der Waals surface area contributed by atoms with Crippen LogP contribution in [0.25, 0.3) is 5.57 Å². The van der Waals surface area contributed by atoms with Crippen LogP contribution in [0.15, 0.2) is 48.6 Å². The summed E-state index contributed by atoms with van der Waals surface area (Å²) in [6.07, 6.45) is 2.69. The van der Waals surface area contributed by atoms with E-state index >= 15 is 0 Å². The lowest BCUT2D eigenvalue weighted by Gasteiger charge is -2.28. The summed E-state index contributed by atoms with van der Waals surface area (Å²) >= 11 is 0. The maximum absolute atomic E-state index is 13.8. The van der Waals surface area contributed by atoms with E-state index in [-0.39, 0.29) is 5.57 Å². The van der Waals surface area contributed by atoms with Gasteiger partial charge < -0.3 is 10.2 Å². The predicted molar refractivity (Wildman–Crippen MR) is 55.6 cm³/mol. The molecule has 2 atom stereocenters. The molecule has 0 saturated carbocycles. The summed E-state index contributed by atoms with van der Waals surface area (Å²) in [5.41, 5.74) is 0.643. The molecule has 2 nitrogen and oxygen atoms in total. The van der Waals surface area contributed by atoms with Crippen molar-refractivity contribution in [2.45, 2.75) is 12.0 Å². The Morgan fingerprint density at radius 2 is 1.87 bits per heavy atom. The monoisotopic (exact) mass is 206 g/mol. The molecule has 1 aromatic carbocycles. The van der Waals surface area contributed by atoms with Crippen molar-refractivity contribution in [3.05, 3.63) is 54.1 Å². The van der Waals surface area contributed by atoms with Gasteiger partial charge in [-0.05, 0) is 5.56 Å². The number of hydrogen-bond donors (Lipinski definition) is 2. The maximum Gasteiger partial charge on any atom is 0.263 e. The molecule has 3 heteroatoms. The Morgan fingerprint density at radius 3 is 2.53 bits per heavy atom. The third kappa shape index (κ3) is 1.71. The van der Waals surface area contributed by atoms with Crippen molar-refractivity contribution in [1.82, 2.24) is 0 Å². The second-order valence-electron chi connectivity index (χ2n) is 3.45. The zero-order valence-electron chi connectivity index (χ0n) is 7.97. The number of halogens is 1. The van der Waals surface area contributed by atoms with Gasteiger partial charge in [-0.3, -0.25) is 0 Å². The number of aliphatic hydroxyl groups is 2. The van der Waals surface area contributed by atoms with E-state index in [1.165, 1.54) is 18.2 Å². The van der Waals surface area contributed by atoms with Gasteiger partial charge in [-0.1, -0.05) is 48.6 Å². The molecular formula is C12H11FO2. The van der Waals surface area contributed by atoms with Gasteiger partial charge in [0.05, 0.1) is 0 Å². The molecule has 0 aliphatic heterocycles. The lowest BCUT2D eigenvalue weighted by atomic mass is 9.91. The molecule has 0 fully saturated rings. The van der Waals surface area contributed by atoms with Crippen LogP contribution >= 0.6 is 0 Å². The van der Waals surface area contributed by atoms with Crippen LogP contribution in [0.4, 0.5) is 4.39 Å². The molecule has 0 saturated heterocycles. The van der Waals surface area contributed by atoms with Gasteiger partial charge in [-0.15, -0.1) is 0 Å². The van der Waals surface area contributed by atoms with Crippen molar-refractivity contribution in [1.29, 1.82) is 0 Å². The third-order valence-corrected chi connectivity index (χ3v) is 2.41. The average molecular weight is 206 g/mol. The minimum atomic E-state index is -2.71. The van der Waals surface area contributed by atoms with Crippen LogP contribution in [0.3, 0.4) is 0 Å². The lowest BCUT2D eigenvalue weighted by Crippen LogP contribution is -2.39. The molecule has 0 aromatic heterocycles. The highest BCUT2D eigenvalue weighted by atomic mass is 19.2. The van der Waals surface area contributed by atoms with Gasteiger partial charge in [0, 0.05) is 5.57 Å². The Morgan fingerprint density at radius 1 is 1.20 bits per heavy atom. The molecule has 0 heterocycles. The van der Waals surface area contributed by atoms with Gasteiger partial charge in [0.2, 0.25) is 0 Å². The van der Waals surface area contributed by atoms with E-state index < -0.39 is 12.0 Å². The highest BCUT2D eigenvalue weighted by molar-refractivity contribution is 5.74. The molecular weight excluding hydrogens is 195 g/mol. The van der Waals surface area contributed by atoms with Gasteiger partial charge in [0.1, 0.15) is 6.10 Å². The smallest absolute Gasteiger partial charge is 0.263 e. The summed E-state index contributed by atoms with van der Waals surface area (Å²) in [5.74, 6) is -2.71. The fourth-order valence-corrected chi connectivity index (χ4v) is 1.58. The third-order valence-electron chi connectivity index (χ3n) is 2.41. The summed E-state index contributed by atoms with van der Waals surface area (Å²) < 4.78 is 13.8. The molecule has 0 unspecified atom stereocenters. The fraction of sp³-hybridized carbons (Fsp3) is 0.167. The van der Waals surface area contributed by atoms with Crippen molar-refractivity contribution in [3.63, 3.8) is 0 Å². The second kappa shape index (κ2) is 3.61. The molecule has 1 aromatic rings. The molecule has 1 aliphatic carbocycles. The van der Waals surface area contributed by atoms with E-state index in [0.717, 1.165) is 0 Å². The van der Waals surface area contributed by atoms with Crippen molar-refractivity contribution < 1.29 is 14.6 Å². The van der Waals surface area contributed by atoms with Crippen molar-refractivity contribution in [3.8, 4) is 0 Å². The number of benzene rings is 1. The van der Waals surface area contributed by atoms with Crippen LogP contribution in [0.5, 0.6) is 0 Å². The standard InChI is InChI=1S/C12H11FO2/c13-12(15)10(7-4-8-11(12)14)9-5-2-1-3-6-9/h1-8,11,14-15H/t11-,12+/m0/s1. The Kier molecular flexibility index (Phi) is 2.42. The SMILES string of the molecule is O[C@H]1C=CC=C(c2ccccc2)[C@]1(O)F. The lowest BCUT2D eigenvalue weighted by molar-refractivity contribution is -0.105. The largest absolute Gasteiger partial charge is 0.383 e. The highest BCUT2D eigenvalue weighted by Crippen LogP contribution is 2.34. The first-order valence-electron chi connectivity index (χ1n) is 4.66. The first kappa shape index (κ1) is 10.1. The zero-order chi connectivity index (χ0) is 10.9. The molecule has 78 valence electrons.